The normalized spacial score (nSPS) is 26.8. The van der Waals surface area contributed by atoms with Gasteiger partial charge in [-0.3, -0.25) is 0 Å². The molecule has 2 N–H and O–H groups in total. The van der Waals surface area contributed by atoms with Gasteiger partial charge in [0.05, 0.1) is 6.61 Å². The Hall–Kier alpha value is -0.540. The van der Waals surface area contributed by atoms with Gasteiger partial charge >= 0.3 is 0 Å². The van der Waals surface area contributed by atoms with E-state index in [1.165, 1.54) is 19.3 Å². The van der Waals surface area contributed by atoms with Gasteiger partial charge in [-0.05, 0) is 67.7 Å². The smallest absolute Gasteiger partial charge is 0.119 e. The minimum Gasteiger partial charge on any atom is -0.494 e. The van der Waals surface area contributed by atoms with E-state index in [9.17, 15) is 0 Å². The highest BCUT2D eigenvalue weighted by molar-refractivity contribution is 9.10. The summed E-state index contributed by atoms with van der Waals surface area (Å²) in [4.78, 5) is 0. The van der Waals surface area contributed by atoms with Crippen molar-refractivity contribution < 1.29 is 4.74 Å². The molecule has 0 heterocycles. The number of hydrogen-bond acceptors (Lipinski definition) is 2. The molecule has 3 unspecified atom stereocenters. The zero-order chi connectivity index (χ0) is 14.5. The molecule has 0 saturated heterocycles. The molecule has 20 heavy (non-hydrogen) atoms. The topological polar surface area (TPSA) is 35.2 Å². The summed E-state index contributed by atoms with van der Waals surface area (Å²) >= 11 is 3.43. The molecule has 112 valence electrons. The fourth-order valence-corrected chi connectivity index (χ4v) is 3.38. The van der Waals surface area contributed by atoms with Gasteiger partial charge in [0, 0.05) is 10.5 Å². The van der Waals surface area contributed by atoms with Gasteiger partial charge < -0.3 is 10.5 Å². The van der Waals surface area contributed by atoms with Crippen molar-refractivity contribution in [3.8, 4) is 5.75 Å². The zero-order valence-corrected chi connectivity index (χ0v) is 14.1. The fourth-order valence-electron chi connectivity index (χ4n) is 3.12. The predicted molar refractivity (Wildman–Crippen MR) is 87.9 cm³/mol. The minimum absolute atomic E-state index is 0.360. The van der Waals surface area contributed by atoms with Crippen molar-refractivity contribution in [1.29, 1.82) is 0 Å². The van der Waals surface area contributed by atoms with E-state index >= 15 is 0 Å². The van der Waals surface area contributed by atoms with Gasteiger partial charge in [0.2, 0.25) is 0 Å². The lowest BCUT2D eigenvalue weighted by Crippen LogP contribution is -2.38. The van der Waals surface area contributed by atoms with Gasteiger partial charge in [0.25, 0.3) is 0 Å². The molecular formula is C17H26BrNO. The molecule has 0 aliphatic heterocycles. The lowest BCUT2D eigenvalue weighted by molar-refractivity contribution is 0.161. The zero-order valence-electron chi connectivity index (χ0n) is 12.5. The molecule has 1 aromatic carbocycles. The van der Waals surface area contributed by atoms with Crippen molar-refractivity contribution in [1.82, 2.24) is 0 Å². The van der Waals surface area contributed by atoms with E-state index in [-0.39, 0.29) is 0 Å². The number of rotatable bonds is 5. The summed E-state index contributed by atoms with van der Waals surface area (Å²) in [5, 5.41) is 0. The highest BCUT2D eigenvalue weighted by Gasteiger charge is 2.29. The van der Waals surface area contributed by atoms with Crippen molar-refractivity contribution in [2.24, 2.45) is 23.5 Å². The first kappa shape index (κ1) is 15.8. The third-order valence-corrected chi connectivity index (χ3v) is 5.12. The van der Waals surface area contributed by atoms with Crippen LogP contribution in [0.25, 0.3) is 0 Å². The second kappa shape index (κ2) is 7.46. The molecule has 1 aliphatic rings. The van der Waals surface area contributed by atoms with Crippen LogP contribution in [0.4, 0.5) is 0 Å². The van der Waals surface area contributed by atoms with Crippen molar-refractivity contribution in [3.63, 3.8) is 0 Å². The van der Waals surface area contributed by atoms with Crippen LogP contribution < -0.4 is 10.5 Å². The predicted octanol–water partition coefficient (Wildman–Crippen LogP) is 4.62. The van der Waals surface area contributed by atoms with Crippen molar-refractivity contribution in [3.05, 3.63) is 28.7 Å². The van der Waals surface area contributed by atoms with E-state index in [0.717, 1.165) is 35.1 Å². The van der Waals surface area contributed by atoms with E-state index in [1.807, 2.05) is 24.3 Å². The van der Waals surface area contributed by atoms with Gasteiger partial charge in [-0.2, -0.15) is 0 Å². The molecule has 0 amide bonds. The Morgan fingerprint density at radius 2 is 1.95 bits per heavy atom. The fraction of sp³-hybridized carbons (Fsp3) is 0.647. The summed E-state index contributed by atoms with van der Waals surface area (Å²) < 4.78 is 6.91. The van der Waals surface area contributed by atoms with Gasteiger partial charge in [-0.1, -0.05) is 29.8 Å². The maximum Gasteiger partial charge on any atom is 0.119 e. The van der Waals surface area contributed by atoms with E-state index in [1.54, 1.807) is 0 Å². The largest absolute Gasteiger partial charge is 0.494 e. The Morgan fingerprint density at radius 3 is 2.60 bits per heavy atom. The molecule has 3 atom stereocenters. The second-order valence-corrected chi connectivity index (χ2v) is 7.25. The first-order valence-electron chi connectivity index (χ1n) is 7.70. The van der Waals surface area contributed by atoms with Crippen LogP contribution in [0.2, 0.25) is 0 Å². The lowest BCUT2D eigenvalue weighted by Gasteiger charge is -2.36. The highest BCUT2D eigenvalue weighted by Crippen LogP contribution is 2.34. The van der Waals surface area contributed by atoms with Crippen LogP contribution in [0, 0.1) is 17.8 Å². The van der Waals surface area contributed by atoms with Gasteiger partial charge in [-0.25, -0.2) is 0 Å². The first-order chi connectivity index (χ1) is 9.56. The van der Waals surface area contributed by atoms with Gasteiger partial charge in [0.15, 0.2) is 0 Å². The molecule has 2 nitrogen and oxygen atoms in total. The van der Waals surface area contributed by atoms with Crippen molar-refractivity contribution >= 4 is 15.9 Å². The summed E-state index contributed by atoms with van der Waals surface area (Å²) in [6.07, 6.45) is 4.80. The van der Waals surface area contributed by atoms with Crippen LogP contribution >= 0.6 is 15.9 Å². The Bertz CT molecular complexity index is 404. The van der Waals surface area contributed by atoms with E-state index in [2.05, 4.69) is 29.8 Å². The molecule has 0 spiro atoms. The van der Waals surface area contributed by atoms with Crippen LogP contribution in [0.15, 0.2) is 28.7 Å². The van der Waals surface area contributed by atoms with Crippen LogP contribution in [0.3, 0.4) is 0 Å². The number of ether oxygens (including phenoxy) is 1. The Kier molecular flexibility index (Phi) is 5.91. The van der Waals surface area contributed by atoms with Crippen LogP contribution in [-0.2, 0) is 0 Å². The third kappa shape index (κ3) is 4.49. The van der Waals surface area contributed by atoms with Crippen LogP contribution in [0.1, 0.15) is 39.5 Å². The molecule has 2 rings (SSSR count). The quantitative estimate of drug-likeness (QED) is 0.849. The number of benzene rings is 1. The Morgan fingerprint density at radius 1 is 1.25 bits per heavy atom. The highest BCUT2D eigenvalue weighted by atomic mass is 79.9. The van der Waals surface area contributed by atoms with Crippen molar-refractivity contribution in [2.45, 2.75) is 45.6 Å². The molecular weight excluding hydrogens is 314 g/mol. The molecule has 0 radical (unpaired) electrons. The Labute approximate surface area is 131 Å². The van der Waals surface area contributed by atoms with Gasteiger partial charge in [0.1, 0.15) is 5.75 Å². The minimum atomic E-state index is 0.360. The average molecular weight is 340 g/mol. The maximum atomic E-state index is 6.28. The molecule has 1 aromatic rings. The van der Waals surface area contributed by atoms with Crippen LogP contribution in [0.5, 0.6) is 5.75 Å². The first-order valence-corrected chi connectivity index (χ1v) is 8.49. The summed E-state index contributed by atoms with van der Waals surface area (Å²) in [6.45, 7) is 5.43. The summed E-state index contributed by atoms with van der Waals surface area (Å²) in [5.74, 6) is 3.18. The Balaban J connectivity index is 1.78. The lowest BCUT2D eigenvalue weighted by atomic mass is 9.73. The average Bonchev–Trinajstić information content (AvgIpc) is 2.43. The third-order valence-electron chi connectivity index (χ3n) is 4.60. The molecule has 3 heteroatoms. The second-order valence-electron chi connectivity index (χ2n) is 6.33. The summed E-state index contributed by atoms with van der Waals surface area (Å²) in [7, 11) is 0. The molecule has 1 saturated carbocycles. The molecule has 1 fully saturated rings. The van der Waals surface area contributed by atoms with E-state index in [4.69, 9.17) is 10.5 Å². The SMILES string of the molecule is CC(C)C1CCC(N)C(CCOc2ccc(Br)cc2)C1. The number of nitrogens with two attached hydrogens (primary N) is 1. The molecule has 1 aliphatic carbocycles. The van der Waals surface area contributed by atoms with E-state index < -0.39 is 0 Å². The van der Waals surface area contributed by atoms with E-state index in [0.29, 0.717) is 12.0 Å². The van der Waals surface area contributed by atoms with Gasteiger partial charge in [-0.15, -0.1) is 0 Å². The summed E-state index contributed by atoms with van der Waals surface area (Å²) in [5.41, 5.74) is 6.28. The number of halogens is 1. The molecule has 0 aromatic heterocycles. The number of hydrogen-bond donors (Lipinski definition) is 1. The standard InChI is InChI=1S/C17H26BrNO/c1-12(2)13-3-8-17(19)14(11-13)9-10-20-16-6-4-15(18)5-7-16/h4-7,12-14,17H,3,8-11,19H2,1-2H3. The van der Waals surface area contributed by atoms with Crippen LogP contribution in [-0.4, -0.2) is 12.6 Å². The molecule has 0 bridgehead atoms. The maximum absolute atomic E-state index is 6.28. The van der Waals surface area contributed by atoms with Crippen molar-refractivity contribution in [2.75, 3.05) is 6.61 Å². The monoisotopic (exact) mass is 339 g/mol. The summed E-state index contributed by atoms with van der Waals surface area (Å²) in [6, 6.07) is 8.38.